The quantitative estimate of drug-likeness (QED) is 0.447. The number of aromatic nitrogens is 2. The molecule has 3 aromatic rings. The molecule has 5 rings (SSSR count). The number of rotatable bonds is 6. The van der Waals surface area contributed by atoms with Gasteiger partial charge in [0, 0.05) is 43.5 Å². The fourth-order valence-corrected chi connectivity index (χ4v) is 5.80. The summed E-state index contributed by atoms with van der Waals surface area (Å²) in [6.45, 7) is 9.14. The van der Waals surface area contributed by atoms with E-state index in [0.29, 0.717) is 50.6 Å². The molecule has 10 nitrogen and oxygen atoms in total. The molecule has 1 N–H and O–H groups in total. The van der Waals surface area contributed by atoms with Crippen LogP contribution in [0, 0.1) is 6.92 Å². The van der Waals surface area contributed by atoms with Gasteiger partial charge in [-0.1, -0.05) is 0 Å². The van der Waals surface area contributed by atoms with E-state index < -0.39 is 23.3 Å². The summed E-state index contributed by atoms with van der Waals surface area (Å²) >= 11 is 0. The van der Waals surface area contributed by atoms with Crippen molar-refractivity contribution in [2.45, 2.75) is 58.7 Å². The van der Waals surface area contributed by atoms with Crippen molar-refractivity contribution in [3.05, 3.63) is 69.3 Å². The van der Waals surface area contributed by atoms with E-state index in [9.17, 15) is 27.6 Å². The first-order valence-corrected chi connectivity index (χ1v) is 14.6. The first-order valence-electron chi connectivity index (χ1n) is 14.6. The van der Waals surface area contributed by atoms with Gasteiger partial charge >= 0.3 is 6.18 Å². The molecule has 2 aliphatic heterocycles. The number of morpholine rings is 2. The maximum absolute atomic E-state index is 14.3. The molecule has 0 radical (unpaired) electrons. The van der Waals surface area contributed by atoms with E-state index >= 15 is 0 Å². The summed E-state index contributed by atoms with van der Waals surface area (Å²) in [4.78, 5) is 47.0. The lowest BCUT2D eigenvalue weighted by atomic mass is 9.98. The molecule has 2 fully saturated rings. The number of fused-ring (bicyclic) bond motifs is 1. The molecule has 0 unspecified atom stereocenters. The molecular formula is C31H36F3N5O5. The zero-order valence-corrected chi connectivity index (χ0v) is 25.1. The molecular weight excluding hydrogens is 579 g/mol. The average Bonchev–Trinajstić information content (AvgIpc) is 2.98. The minimum atomic E-state index is -4.71. The molecule has 3 heterocycles. The molecule has 2 saturated heterocycles. The third kappa shape index (κ3) is 6.73. The second-order valence-corrected chi connectivity index (χ2v) is 11.4. The topological polar surface area (TPSA) is 106 Å². The van der Waals surface area contributed by atoms with E-state index in [-0.39, 0.29) is 52.9 Å². The number of ether oxygens (including phenoxy) is 2. The van der Waals surface area contributed by atoms with E-state index in [1.54, 1.807) is 41.0 Å². The first kappa shape index (κ1) is 31.5. The maximum atomic E-state index is 14.3. The van der Waals surface area contributed by atoms with Gasteiger partial charge in [0.1, 0.15) is 12.4 Å². The van der Waals surface area contributed by atoms with Gasteiger partial charge in [0.25, 0.3) is 11.5 Å². The second-order valence-electron chi connectivity index (χ2n) is 11.4. The highest BCUT2D eigenvalue weighted by atomic mass is 19.4. The van der Waals surface area contributed by atoms with Crippen LogP contribution in [0.25, 0.3) is 10.9 Å². The predicted octanol–water partition coefficient (Wildman–Crippen LogP) is 4.01. The molecule has 236 valence electrons. The number of hydrogen-bond donors (Lipinski definition) is 1. The molecule has 2 amide bonds. The van der Waals surface area contributed by atoms with Crippen LogP contribution in [0.1, 0.15) is 54.1 Å². The number of aryl methyl sites for hydroxylation is 1. The van der Waals surface area contributed by atoms with Crippen molar-refractivity contribution in [1.82, 2.24) is 19.4 Å². The molecule has 2 aromatic carbocycles. The van der Waals surface area contributed by atoms with Gasteiger partial charge in [0.05, 0.1) is 41.9 Å². The fraction of sp³-hybridized carbons (Fsp3) is 0.484. The van der Waals surface area contributed by atoms with Gasteiger partial charge < -0.3 is 24.6 Å². The van der Waals surface area contributed by atoms with Crippen LogP contribution in [0.15, 0.2) is 41.2 Å². The molecule has 44 heavy (non-hydrogen) atoms. The highest BCUT2D eigenvalue weighted by Crippen LogP contribution is 2.37. The normalized spacial score (nSPS) is 20.1. The van der Waals surface area contributed by atoms with E-state index in [1.165, 1.54) is 17.6 Å². The fourth-order valence-electron chi connectivity index (χ4n) is 5.80. The maximum Gasteiger partial charge on any atom is 0.416 e. The Bertz CT molecular complexity index is 1590. The lowest BCUT2D eigenvalue weighted by Crippen LogP contribution is -2.48. The molecule has 1 aromatic heterocycles. The van der Waals surface area contributed by atoms with Crippen LogP contribution in [0.4, 0.5) is 18.9 Å². The Balaban J connectivity index is 1.41. The summed E-state index contributed by atoms with van der Waals surface area (Å²) in [7, 11) is 0. The molecule has 2 aliphatic rings. The number of carbonyl (C=O) groups excluding carboxylic acids is 2. The van der Waals surface area contributed by atoms with E-state index in [2.05, 4.69) is 10.3 Å². The number of benzene rings is 2. The second kappa shape index (κ2) is 12.6. The molecule has 3 atom stereocenters. The number of anilines is 1. The van der Waals surface area contributed by atoms with Crippen LogP contribution in [0.3, 0.4) is 0 Å². The van der Waals surface area contributed by atoms with Gasteiger partial charge in [-0.25, -0.2) is 4.98 Å². The molecule has 0 saturated carbocycles. The van der Waals surface area contributed by atoms with Crippen molar-refractivity contribution in [3.8, 4) is 0 Å². The summed E-state index contributed by atoms with van der Waals surface area (Å²) in [5, 5.41) is 3.05. The number of hydrogen-bond acceptors (Lipinski definition) is 7. The Morgan fingerprint density at radius 1 is 1.05 bits per heavy atom. The van der Waals surface area contributed by atoms with Gasteiger partial charge in [-0.3, -0.25) is 19.0 Å². The number of amides is 2. The van der Waals surface area contributed by atoms with Crippen LogP contribution in [0.5, 0.6) is 0 Å². The van der Waals surface area contributed by atoms with Crippen molar-refractivity contribution >= 4 is 28.4 Å². The lowest BCUT2D eigenvalue weighted by Gasteiger charge is -2.35. The largest absolute Gasteiger partial charge is 0.416 e. The summed E-state index contributed by atoms with van der Waals surface area (Å²) in [5.41, 5.74) is -0.788. The van der Waals surface area contributed by atoms with Crippen molar-refractivity contribution in [1.29, 1.82) is 0 Å². The van der Waals surface area contributed by atoms with Gasteiger partial charge in [0.15, 0.2) is 0 Å². The smallest absolute Gasteiger partial charge is 0.379 e. The summed E-state index contributed by atoms with van der Waals surface area (Å²) in [5.74, 6) is -0.292. The van der Waals surface area contributed by atoms with Crippen LogP contribution < -0.4 is 10.9 Å². The van der Waals surface area contributed by atoms with Crippen LogP contribution in [0.2, 0.25) is 0 Å². The summed E-state index contributed by atoms with van der Waals surface area (Å²) in [6, 6.07) is 7.76. The number of halogens is 3. The number of nitrogens with one attached hydrogen (secondary N) is 1. The summed E-state index contributed by atoms with van der Waals surface area (Å²) < 4.78 is 54.9. The number of nitrogens with zero attached hydrogens (tertiary/aromatic N) is 4. The Morgan fingerprint density at radius 2 is 1.68 bits per heavy atom. The lowest BCUT2D eigenvalue weighted by molar-refractivity contribution is -0.138. The zero-order chi connectivity index (χ0) is 31.8. The van der Waals surface area contributed by atoms with Gasteiger partial charge in [0.2, 0.25) is 5.91 Å². The monoisotopic (exact) mass is 615 g/mol. The standard InChI is InChI=1S/C31H36F3N5O5/c1-18-15-38(16-19(2)44-18)29(41)22-5-7-23(8-6-22)35-20(3)24-13-25-27(14-26(24)31(32,33)34)36-21(4)39(30(25)42)17-28(40)37-9-11-43-12-10-37/h5-8,13-14,18-20,35H,9-12,15-17H2,1-4H3/t18-,19+,20-/m0/s1. The van der Waals surface area contributed by atoms with Crippen LogP contribution in [-0.2, 0) is 27.0 Å². The van der Waals surface area contributed by atoms with Crippen molar-refractivity contribution in [2.75, 3.05) is 44.7 Å². The van der Waals surface area contributed by atoms with Crippen LogP contribution >= 0.6 is 0 Å². The van der Waals surface area contributed by atoms with E-state index in [1.807, 2.05) is 13.8 Å². The van der Waals surface area contributed by atoms with Crippen molar-refractivity contribution in [3.63, 3.8) is 0 Å². The van der Waals surface area contributed by atoms with Gasteiger partial charge in [-0.15, -0.1) is 0 Å². The minimum Gasteiger partial charge on any atom is -0.379 e. The molecule has 0 aliphatic carbocycles. The number of alkyl halides is 3. The third-order valence-electron chi connectivity index (χ3n) is 7.97. The number of carbonyl (C=O) groups is 2. The Hall–Kier alpha value is -3.97. The molecule has 0 spiro atoms. The zero-order valence-electron chi connectivity index (χ0n) is 25.1. The predicted molar refractivity (Wildman–Crippen MR) is 158 cm³/mol. The van der Waals surface area contributed by atoms with Crippen LogP contribution in [-0.4, -0.2) is 82.8 Å². The average molecular weight is 616 g/mol. The van der Waals surface area contributed by atoms with Crippen molar-refractivity contribution in [2.24, 2.45) is 0 Å². The Labute approximate surface area is 252 Å². The van der Waals surface area contributed by atoms with Gasteiger partial charge in [-0.05, 0) is 69.7 Å². The highest BCUT2D eigenvalue weighted by molar-refractivity contribution is 5.94. The highest BCUT2D eigenvalue weighted by Gasteiger charge is 2.36. The first-order chi connectivity index (χ1) is 20.8. The Morgan fingerprint density at radius 3 is 2.30 bits per heavy atom. The van der Waals surface area contributed by atoms with E-state index in [4.69, 9.17) is 9.47 Å². The third-order valence-corrected chi connectivity index (χ3v) is 7.97. The van der Waals surface area contributed by atoms with Crippen molar-refractivity contribution < 1.29 is 32.2 Å². The van der Waals surface area contributed by atoms with E-state index in [0.717, 1.165) is 6.07 Å². The molecule has 0 bridgehead atoms. The Kier molecular flexibility index (Phi) is 8.98. The molecule has 13 heteroatoms. The van der Waals surface area contributed by atoms with Gasteiger partial charge in [-0.2, -0.15) is 13.2 Å². The minimum absolute atomic E-state index is 0.0167. The SMILES string of the molecule is Cc1nc2cc(C(F)(F)F)c([C@H](C)Nc3ccc(C(=O)N4C[C@@H](C)O[C@@H](C)C4)cc3)cc2c(=O)n1CC(=O)N1CCOCC1. The summed E-state index contributed by atoms with van der Waals surface area (Å²) in [6.07, 6.45) is -4.87.